The van der Waals surface area contributed by atoms with Crippen LogP contribution in [0.1, 0.15) is 19.3 Å². The molecule has 1 rings (SSSR count). The van der Waals surface area contributed by atoms with Gasteiger partial charge in [-0.15, -0.1) is 0 Å². The van der Waals surface area contributed by atoms with E-state index in [1.807, 2.05) is 11.9 Å². The highest BCUT2D eigenvalue weighted by atomic mass is 79.9. The van der Waals surface area contributed by atoms with Crippen molar-refractivity contribution < 1.29 is 4.79 Å². The van der Waals surface area contributed by atoms with Gasteiger partial charge in [0.1, 0.15) is 0 Å². The van der Waals surface area contributed by atoms with Gasteiger partial charge in [-0.25, -0.2) is 0 Å². The molecule has 0 aliphatic heterocycles. The number of amides is 1. The molecule has 0 atom stereocenters. The highest BCUT2D eigenvalue weighted by Gasteiger charge is 2.24. The Morgan fingerprint density at radius 3 is 2.73 bits per heavy atom. The summed E-state index contributed by atoms with van der Waals surface area (Å²) < 4.78 is 0. The molecule has 1 fully saturated rings. The summed E-state index contributed by atoms with van der Waals surface area (Å²) in [5.74, 6) is 1.06. The van der Waals surface area contributed by atoms with E-state index >= 15 is 0 Å². The number of rotatable bonds is 4. The van der Waals surface area contributed by atoms with Crippen molar-refractivity contribution in [3.8, 4) is 0 Å². The van der Waals surface area contributed by atoms with Crippen LogP contribution in [0.15, 0.2) is 0 Å². The molecule has 11 heavy (non-hydrogen) atoms. The predicted octanol–water partition coefficient (Wildman–Crippen LogP) is 1.64. The zero-order chi connectivity index (χ0) is 8.27. The Balaban J connectivity index is 2.15. The van der Waals surface area contributed by atoms with Gasteiger partial charge in [0.25, 0.3) is 0 Å². The van der Waals surface area contributed by atoms with Gasteiger partial charge in [-0.1, -0.05) is 15.9 Å². The first-order chi connectivity index (χ1) is 5.24. The number of carbonyl (C=O) groups excluding carboxylic acids is 1. The fourth-order valence-corrected chi connectivity index (χ4v) is 1.40. The summed E-state index contributed by atoms with van der Waals surface area (Å²) in [6.45, 7) is 0.964. The van der Waals surface area contributed by atoms with Crippen molar-refractivity contribution >= 4 is 21.8 Å². The van der Waals surface area contributed by atoms with Crippen molar-refractivity contribution in [3.63, 3.8) is 0 Å². The fourth-order valence-electron chi connectivity index (χ4n) is 1.06. The molecule has 0 unspecified atom stereocenters. The first-order valence-electron chi connectivity index (χ1n) is 4.04. The Kier molecular flexibility index (Phi) is 3.37. The minimum Gasteiger partial charge on any atom is -0.345 e. The SMILES string of the molecule is CN(CC1CC1)C(=O)CCBr. The number of alkyl halides is 1. The molecule has 0 radical (unpaired) electrons. The van der Waals surface area contributed by atoms with E-state index in [2.05, 4.69) is 15.9 Å². The van der Waals surface area contributed by atoms with Gasteiger partial charge in [-0.3, -0.25) is 4.79 Å². The third-order valence-corrected chi connectivity index (χ3v) is 2.36. The minimum absolute atomic E-state index is 0.258. The van der Waals surface area contributed by atoms with Crippen LogP contribution >= 0.6 is 15.9 Å². The lowest BCUT2D eigenvalue weighted by atomic mass is 10.3. The second-order valence-electron chi connectivity index (χ2n) is 3.16. The Morgan fingerprint density at radius 2 is 2.27 bits per heavy atom. The fraction of sp³-hybridized carbons (Fsp3) is 0.875. The van der Waals surface area contributed by atoms with Crippen LogP contribution in [0, 0.1) is 5.92 Å². The van der Waals surface area contributed by atoms with Crippen LogP contribution in [-0.4, -0.2) is 29.7 Å². The highest BCUT2D eigenvalue weighted by molar-refractivity contribution is 9.09. The summed E-state index contributed by atoms with van der Waals surface area (Å²) in [7, 11) is 1.89. The van der Waals surface area contributed by atoms with Crippen molar-refractivity contribution in [1.29, 1.82) is 0 Å². The molecule has 0 aromatic carbocycles. The van der Waals surface area contributed by atoms with Crippen LogP contribution in [0.4, 0.5) is 0 Å². The summed E-state index contributed by atoms with van der Waals surface area (Å²) in [5, 5.41) is 0.779. The minimum atomic E-state index is 0.258. The van der Waals surface area contributed by atoms with Gasteiger partial charge in [0.15, 0.2) is 0 Å². The van der Waals surface area contributed by atoms with Crippen molar-refractivity contribution in [2.45, 2.75) is 19.3 Å². The maximum atomic E-state index is 11.2. The van der Waals surface area contributed by atoms with Gasteiger partial charge in [0.2, 0.25) is 5.91 Å². The lowest BCUT2D eigenvalue weighted by molar-refractivity contribution is -0.129. The van der Waals surface area contributed by atoms with Crippen molar-refractivity contribution in [2.24, 2.45) is 5.92 Å². The molecule has 0 heterocycles. The van der Waals surface area contributed by atoms with E-state index in [1.165, 1.54) is 12.8 Å². The van der Waals surface area contributed by atoms with E-state index < -0.39 is 0 Å². The van der Waals surface area contributed by atoms with Gasteiger partial charge in [-0.2, -0.15) is 0 Å². The van der Waals surface area contributed by atoms with E-state index in [0.29, 0.717) is 6.42 Å². The Hall–Kier alpha value is -0.0500. The number of nitrogens with zero attached hydrogens (tertiary/aromatic N) is 1. The molecule has 0 N–H and O–H groups in total. The molecule has 0 aromatic rings. The second kappa shape index (κ2) is 4.10. The van der Waals surface area contributed by atoms with Crippen LogP contribution in [0.3, 0.4) is 0 Å². The molecule has 64 valence electrons. The van der Waals surface area contributed by atoms with Crippen molar-refractivity contribution in [3.05, 3.63) is 0 Å². The predicted molar refractivity (Wildman–Crippen MR) is 48.8 cm³/mol. The molecule has 0 bridgehead atoms. The smallest absolute Gasteiger partial charge is 0.223 e. The van der Waals surface area contributed by atoms with E-state index in [0.717, 1.165) is 17.8 Å². The molecular formula is C8H14BrNO. The third kappa shape index (κ3) is 3.23. The summed E-state index contributed by atoms with van der Waals surface area (Å²) in [5.41, 5.74) is 0. The van der Waals surface area contributed by atoms with Crippen LogP contribution in [0.25, 0.3) is 0 Å². The largest absolute Gasteiger partial charge is 0.345 e. The maximum Gasteiger partial charge on any atom is 0.223 e. The quantitative estimate of drug-likeness (QED) is 0.659. The normalized spacial score (nSPS) is 16.5. The van der Waals surface area contributed by atoms with Crippen LogP contribution in [0.5, 0.6) is 0 Å². The second-order valence-corrected chi connectivity index (χ2v) is 3.95. The lowest BCUT2D eigenvalue weighted by Gasteiger charge is -2.15. The molecule has 0 aromatic heterocycles. The molecule has 1 saturated carbocycles. The van der Waals surface area contributed by atoms with Gasteiger partial charge >= 0.3 is 0 Å². The van der Waals surface area contributed by atoms with Crippen LogP contribution in [-0.2, 0) is 4.79 Å². The molecular weight excluding hydrogens is 206 g/mol. The Morgan fingerprint density at radius 1 is 1.64 bits per heavy atom. The first kappa shape index (κ1) is 9.04. The molecule has 1 aliphatic carbocycles. The van der Waals surface area contributed by atoms with Gasteiger partial charge in [0.05, 0.1) is 0 Å². The zero-order valence-corrected chi connectivity index (χ0v) is 8.43. The molecule has 0 saturated heterocycles. The Labute approximate surface area is 76.1 Å². The van der Waals surface area contributed by atoms with Crippen molar-refractivity contribution in [2.75, 3.05) is 18.9 Å². The monoisotopic (exact) mass is 219 g/mol. The molecule has 2 nitrogen and oxygen atoms in total. The topological polar surface area (TPSA) is 20.3 Å². The summed E-state index contributed by atoms with van der Waals surface area (Å²) in [6, 6.07) is 0. The van der Waals surface area contributed by atoms with Gasteiger partial charge in [0, 0.05) is 25.3 Å². The van der Waals surface area contributed by atoms with Crippen molar-refractivity contribution in [1.82, 2.24) is 4.90 Å². The summed E-state index contributed by atoms with van der Waals surface area (Å²) >= 11 is 3.25. The number of carbonyl (C=O) groups is 1. The standard InChI is InChI=1S/C8H14BrNO/c1-10(6-7-2-3-7)8(11)4-5-9/h7H,2-6H2,1H3. The van der Waals surface area contributed by atoms with Crippen LogP contribution < -0.4 is 0 Å². The first-order valence-corrected chi connectivity index (χ1v) is 5.16. The number of hydrogen-bond donors (Lipinski definition) is 0. The Bertz CT molecular complexity index is 145. The van der Waals surface area contributed by atoms with E-state index in [4.69, 9.17) is 0 Å². The molecule has 1 aliphatic rings. The average Bonchev–Trinajstić information content (AvgIpc) is 2.72. The molecule has 1 amide bonds. The van der Waals surface area contributed by atoms with E-state index in [1.54, 1.807) is 0 Å². The molecule has 0 spiro atoms. The summed E-state index contributed by atoms with van der Waals surface area (Å²) in [6.07, 6.45) is 3.25. The van der Waals surface area contributed by atoms with Gasteiger partial charge in [-0.05, 0) is 18.8 Å². The lowest BCUT2D eigenvalue weighted by Crippen LogP contribution is -2.28. The van der Waals surface area contributed by atoms with E-state index in [-0.39, 0.29) is 5.91 Å². The zero-order valence-electron chi connectivity index (χ0n) is 6.85. The highest BCUT2D eigenvalue weighted by Crippen LogP contribution is 2.29. The van der Waals surface area contributed by atoms with Crippen LogP contribution in [0.2, 0.25) is 0 Å². The number of hydrogen-bond acceptors (Lipinski definition) is 1. The van der Waals surface area contributed by atoms with Gasteiger partial charge < -0.3 is 4.90 Å². The molecule has 3 heteroatoms. The van der Waals surface area contributed by atoms with E-state index in [9.17, 15) is 4.79 Å². The third-order valence-electron chi connectivity index (χ3n) is 1.96. The average molecular weight is 220 g/mol. The summed E-state index contributed by atoms with van der Waals surface area (Å²) in [4.78, 5) is 13.0. The number of halogens is 1. The maximum absolute atomic E-state index is 11.2.